The first-order valence-electron chi connectivity index (χ1n) is 20.9. The van der Waals surface area contributed by atoms with Gasteiger partial charge in [-0.1, -0.05) is 24.3 Å². The number of nitrogens with one attached hydrogen (secondary N) is 6. The fourth-order valence-corrected chi connectivity index (χ4v) is 7.14. The molecule has 1 aliphatic heterocycles. The van der Waals surface area contributed by atoms with E-state index in [1.165, 1.54) is 18.9 Å². The number of ether oxygens (including phenoxy) is 3. The number of benzene rings is 3. The number of fused-ring (bicyclic) bond motifs is 5. The number of carbonyl (C=O) groups excluding carboxylic acids is 5. The molecule has 0 aliphatic carbocycles. The first-order chi connectivity index (χ1) is 30.4. The molecule has 344 valence electrons. The second-order valence-corrected chi connectivity index (χ2v) is 16.4. The van der Waals surface area contributed by atoms with Crippen molar-refractivity contribution in [2.45, 2.75) is 83.8 Å². The van der Waals surface area contributed by atoms with Crippen molar-refractivity contribution >= 4 is 29.7 Å². The largest absolute Gasteiger partial charge is 0.492 e. The van der Waals surface area contributed by atoms with E-state index in [-0.39, 0.29) is 63.6 Å². The molecule has 0 unspecified atom stereocenters. The Kier molecular flexibility index (Phi) is 16.2. The number of alkyl carbamates (subject to hydrolysis) is 1. The van der Waals surface area contributed by atoms with Gasteiger partial charge in [-0.05, 0) is 100 Å². The van der Waals surface area contributed by atoms with Crippen molar-refractivity contribution in [2.24, 2.45) is 17.2 Å². The summed E-state index contributed by atoms with van der Waals surface area (Å²) in [4.78, 5) is 85.9. The zero-order valence-electron chi connectivity index (χ0n) is 37.0. The molecule has 1 aromatic heterocycles. The number of nitrogens with two attached hydrogens (primary N) is 3. The minimum absolute atomic E-state index is 0.0969. The van der Waals surface area contributed by atoms with Crippen LogP contribution in [0.15, 0.2) is 59.4 Å². The van der Waals surface area contributed by atoms with Gasteiger partial charge in [-0.2, -0.15) is 5.10 Å². The number of aromatic nitrogens is 3. The van der Waals surface area contributed by atoms with E-state index >= 15 is 0 Å². The average molecular weight is 886 g/mol. The van der Waals surface area contributed by atoms with Crippen molar-refractivity contribution in [1.29, 1.82) is 0 Å². The van der Waals surface area contributed by atoms with E-state index in [1.807, 2.05) is 6.07 Å². The van der Waals surface area contributed by atoms with Gasteiger partial charge in [0.15, 0.2) is 5.82 Å². The lowest BCUT2D eigenvalue weighted by Gasteiger charge is -2.33. The molecule has 0 spiro atoms. The molecule has 5 rings (SSSR count). The van der Waals surface area contributed by atoms with E-state index in [4.69, 9.17) is 31.4 Å². The van der Waals surface area contributed by atoms with Crippen LogP contribution in [0.5, 0.6) is 11.5 Å². The van der Waals surface area contributed by atoms with Crippen molar-refractivity contribution in [3.8, 4) is 22.6 Å². The molecule has 4 bridgehead atoms. The second kappa shape index (κ2) is 21.5. The molecule has 4 aromatic rings. The van der Waals surface area contributed by atoms with Crippen LogP contribution in [0.3, 0.4) is 0 Å². The third-order valence-electron chi connectivity index (χ3n) is 10.2. The molecule has 20 heteroatoms. The standard InChI is InChI=1S/C44H59N11O9/c1-24-19-27(23-47)7-10-29(24)39(57)50-32(13-16-48-43(61)64-44(3,4)5)41(59)55(6)36-28-9-12-35(63-18-15-46)31(22-28)30-20-26(8-11-34(30)62-17-14-45)21-33(37-52-42(60)54-53-37)51-38(56)25(2)49-40(36)58/h7-12,19-20,22,25,32-33,36H,13-18,21,23,45-47H2,1-6H3,(H,48,61)(H,49,58)(H,50,57)(H,51,56)(H2,52,53,54,60)/t25-,32-,33-,36-/m0/s1. The van der Waals surface area contributed by atoms with E-state index in [2.05, 4.69) is 36.4 Å². The van der Waals surface area contributed by atoms with Gasteiger partial charge in [-0.15, -0.1) is 0 Å². The molecule has 5 amide bonds. The van der Waals surface area contributed by atoms with Crippen LogP contribution >= 0.6 is 0 Å². The number of nitrogens with zero attached hydrogens (tertiary/aromatic N) is 2. The van der Waals surface area contributed by atoms with Crippen molar-refractivity contribution < 1.29 is 38.2 Å². The maximum atomic E-state index is 14.9. The maximum Gasteiger partial charge on any atom is 0.407 e. The van der Waals surface area contributed by atoms with Crippen LogP contribution < -0.4 is 53.6 Å². The van der Waals surface area contributed by atoms with Gasteiger partial charge in [0.1, 0.15) is 48.4 Å². The van der Waals surface area contributed by atoms with Gasteiger partial charge < -0.3 is 57.6 Å². The first kappa shape index (κ1) is 48.3. The highest BCUT2D eigenvalue weighted by molar-refractivity contribution is 6.00. The summed E-state index contributed by atoms with van der Waals surface area (Å²) in [5, 5.41) is 17.5. The maximum absolute atomic E-state index is 14.9. The minimum atomic E-state index is -1.42. The molecule has 4 atom stereocenters. The van der Waals surface area contributed by atoms with Crippen molar-refractivity contribution in [3.63, 3.8) is 0 Å². The summed E-state index contributed by atoms with van der Waals surface area (Å²) in [7, 11) is 1.40. The van der Waals surface area contributed by atoms with Gasteiger partial charge in [0.05, 0.1) is 6.04 Å². The number of hydrogen-bond acceptors (Lipinski definition) is 13. The highest BCUT2D eigenvalue weighted by atomic mass is 16.6. The third kappa shape index (κ3) is 12.4. The lowest BCUT2D eigenvalue weighted by Crippen LogP contribution is -2.54. The number of aromatic amines is 2. The van der Waals surface area contributed by atoms with E-state index in [9.17, 15) is 28.8 Å². The van der Waals surface area contributed by atoms with Gasteiger partial charge >= 0.3 is 11.8 Å². The normalized spacial score (nSPS) is 16.9. The summed E-state index contributed by atoms with van der Waals surface area (Å²) in [6.45, 7) is 9.20. The van der Waals surface area contributed by atoms with Crippen molar-refractivity contribution in [3.05, 3.63) is 98.7 Å². The Balaban J connectivity index is 1.63. The zero-order valence-corrected chi connectivity index (χ0v) is 37.0. The van der Waals surface area contributed by atoms with Gasteiger partial charge in [0, 0.05) is 49.9 Å². The summed E-state index contributed by atoms with van der Waals surface area (Å²) in [6, 6.07) is 10.7. The number of likely N-dealkylation sites (N-methyl/N-ethyl adjacent to an activating group) is 1. The SMILES string of the molecule is Cc1cc(CN)ccc1C(=O)N[C@@H](CCNC(=O)OC(C)(C)C)C(=O)N(C)[C@@H]1C(=O)N[C@@H](C)C(=O)N[C@H](c2n[nH]c(=O)[nH]2)Cc2ccc(OCCN)c(c2)-c2cc1ccc2OCCN. The van der Waals surface area contributed by atoms with Gasteiger partial charge in [0.2, 0.25) is 17.7 Å². The number of aryl methyl sites for hydroxylation is 1. The summed E-state index contributed by atoms with van der Waals surface area (Å²) >= 11 is 0. The Hall–Kier alpha value is -6.77. The van der Waals surface area contributed by atoms with Crippen LogP contribution in [0.4, 0.5) is 4.79 Å². The van der Waals surface area contributed by atoms with Gasteiger partial charge in [0.25, 0.3) is 5.91 Å². The number of carbonyl (C=O) groups is 5. The molecule has 0 saturated carbocycles. The number of rotatable bonds is 15. The lowest BCUT2D eigenvalue weighted by atomic mass is 9.93. The molecule has 0 fully saturated rings. The third-order valence-corrected chi connectivity index (χ3v) is 10.2. The van der Waals surface area contributed by atoms with Gasteiger partial charge in [-0.3, -0.25) is 24.2 Å². The van der Waals surface area contributed by atoms with Crippen LogP contribution in [0, 0.1) is 6.92 Å². The Morgan fingerprint density at radius 3 is 2.19 bits per heavy atom. The molecular weight excluding hydrogens is 827 g/mol. The lowest BCUT2D eigenvalue weighted by molar-refractivity contribution is -0.141. The van der Waals surface area contributed by atoms with E-state index < -0.39 is 65.2 Å². The quantitative estimate of drug-likeness (QED) is 0.0816. The monoisotopic (exact) mass is 885 g/mol. The van der Waals surface area contributed by atoms with E-state index in [0.29, 0.717) is 39.3 Å². The first-order valence-corrected chi connectivity index (χ1v) is 20.9. The molecule has 20 nitrogen and oxygen atoms in total. The highest BCUT2D eigenvalue weighted by Crippen LogP contribution is 2.40. The summed E-state index contributed by atoms with van der Waals surface area (Å²) in [5.74, 6) is -1.70. The smallest absolute Gasteiger partial charge is 0.407 e. The summed E-state index contributed by atoms with van der Waals surface area (Å²) in [5.41, 5.74) is 19.9. The summed E-state index contributed by atoms with van der Waals surface area (Å²) in [6.07, 6.45) is -0.680. The Morgan fingerprint density at radius 1 is 0.906 bits per heavy atom. The molecule has 64 heavy (non-hydrogen) atoms. The molecule has 2 heterocycles. The highest BCUT2D eigenvalue weighted by Gasteiger charge is 2.36. The number of hydrogen-bond donors (Lipinski definition) is 9. The molecule has 1 aliphatic rings. The molecule has 3 aromatic carbocycles. The fraction of sp³-hybridized carbons (Fsp3) is 0.432. The Morgan fingerprint density at radius 2 is 1.58 bits per heavy atom. The molecule has 0 radical (unpaired) electrons. The van der Waals surface area contributed by atoms with Crippen molar-refractivity contribution in [2.75, 3.05) is 39.9 Å². The number of H-pyrrole nitrogens is 2. The van der Waals surface area contributed by atoms with Crippen LogP contribution in [0.1, 0.15) is 84.6 Å². The minimum Gasteiger partial charge on any atom is -0.492 e. The fourth-order valence-electron chi connectivity index (χ4n) is 7.14. The van der Waals surface area contributed by atoms with Crippen LogP contribution in [0.2, 0.25) is 0 Å². The van der Waals surface area contributed by atoms with E-state index in [0.717, 1.165) is 5.56 Å². The second-order valence-electron chi connectivity index (χ2n) is 16.4. The molecular formula is C44H59N11O9. The van der Waals surface area contributed by atoms with Crippen LogP contribution in [0.25, 0.3) is 11.1 Å². The summed E-state index contributed by atoms with van der Waals surface area (Å²) < 4.78 is 17.6. The van der Waals surface area contributed by atoms with Crippen molar-refractivity contribution in [1.82, 2.24) is 41.3 Å². The Bertz CT molecular complexity index is 2370. The van der Waals surface area contributed by atoms with Crippen LogP contribution in [-0.2, 0) is 32.1 Å². The molecule has 12 N–H and O–H groups in total. The zero-order chi connectivity index (χ0) is 46.7. The molecule has 0 saturated heterocycles. The van der Waals surface area contributed by atoms with Gasteiger partial charge in [-0.25, -0.2) is 14.7 Å². The number of amides is 5. The topological polar surface area (TPSA) is 304 Å². The average Bonchev–Trinajstić information content (AvgIpc) is 3.69. The predicted octanol–water partition coefficient (Wildman–Crippen LogP) is 1.34. The predicted molar refractivity (Wildman–Crippen MR) is 237 cm³/mol. The Labute approximate surface area is 370 Å². The van der Waals surface area contributed by atoms with E-state index in [1.54, 1.807) is 76.2 Å². The van der Waals surface area contributed by atoms with Crippen LogP contribution in [-0.4, -0.2) is 107 Å².